The van der Waals surface area contributed by atoms with Crippen LogP contribution in [0, 0.1) is 5.92 Å². The zero-order chi connectivity index (χ0) is 26.9. The lowest BCUT2D eigenvalue weighted by Gasteiger charge is -2.19. The van der Waals surface area contributed by atoms with Crippen molar-refractivity contribution in [1.29, 1.82) is 0 Å². The number of aliphatic imine (C=N–C) groups is 2. The first kappa shape index (κ1) is 28.1. The van der Waals surface area contributed by atoms with Gasteiger partial charge in [0.2, 0.25) is 0 Å². The minimum atomic E-state index is -0.114. The third-order valence-corrected chi connectivity index (χ3v) is 6.38. The molecule has 0 bridgehead atoms. The number of aryl methyl sites for hydroxylation is 1. The molecule has 2 heterocycles. The van der Waals surface area contributed by atoms with Crippen LogP contribution in [-0.4, -0.2) is 52.1 Å². The Morgan fingerprint density at radius 1 is 1.24 bits per heavy atom. The highest BCUT2D eigenvalue weighted by molar-refractivity contribution is 6.07. The van der Waals surface area contributed by atoms with Gasteiger partial charge in [-0.2, -0.15) is 5.10 Å². The van der Waals surface area contributed by atoms with Gasteiger partial charge in [0, 0.05) is 74.4 Å². The second-order valence-electron chi connectivity index (χ2n) is 9.95. The Morgan fingerprint density at radius 3 is 2.65 bits per heavy atom. The molecule has 1 unspecified atom stereocenters. The minimum absolute atomic E-state index is 0.0848. The van der Waals surface area contributed by atoms with E-state index in [4.69, 9.17) is 4.99 Å². The minimum Gasteiger partial charge on any atom is -0.379 e. The Balaban J connectivity index is 1.60. The Bertz CT molecular complexity index is 1190. The van der Waals surface area contributed by atoms with E-state index in [1.54, 1.807) is 17.1 Å². The number of amides is 1. The highest BCUT2D eigenvalue weighted by atomic mass is 16.1. The van der Waals surface area contributed by atoms with E-state index in [9.17, 15) is 4.79 Å². The molecular weight excluding hydrogens is 462 g/mol. The van der Waals surface area contributed by atoms with Crippen LogP contribution < -0.4 is 10.6 Å². The molecule has 8 heteroatoms. The lowest BCUT2D eigenvalue weighted by Crippen LogP contribution is -2.30. The maximum absolute atomic E-state index is 12.9. The standard InChI is InChI=1S/C29H41N7O/c1-8-35(6)19-28(20(2)3)30-15-21(4)33-22(5)23-10-9-11-26(14-23)34-29(37)24-12-13-27(31-16-24)25-17-32-36(7)18-25/h9-11,14-22,33H,8,12-13H2,1-7H3,(H,34,37)/b28-19+,30-15?/t21?,22-/m0/s1. The van der Waals surface area contributed by atoms with Crippen molar-refractivity contribution in [3.05, 3.63) is 71.5 Å². The number of hydrogen-bond acceptors (Lipinski definition) is 6. The Hall–Kier alpha value is -3.52. The van der Waals surface area contributed by atoms with E-state index >= 15 is 0 Å². The lowest BCUT2D eigenvalue weighted by atomic mass is 10.0. The number of hydrogen-bond donors (Lipinski definition) is 2. The summed E-state index contributed by atoms with van der Waals surface area (Å²) >= 11 is 0. The van der Waals surface area contributed by atoms with E-state index < -0.39 is 0 Å². The molecule has 1 aromatic heterocycles. The zero-order valence-electron chi connectivity index (χ0n) is 23.2. The second kappa shape index (κ2) is 13.1. The molecule has 3 rings (SSSR count). The van der Waals surface area contributed by atoms with Crippen molar-refractivity contribution in [2.45, 2.75) is 59.5 Å². The van der Waals surface area contributed by atoms with Crippen LogP contribution in [-0.2, 0) is 11.8 Å². The third kappa shape index (κ3) is 8.25. The molecule has 37 heavy (non-hydrogen) atoms. The number of carbonyl (C=O) groups is 1. The van der Waals surface area contributed by atoms with E-state index in [1.807, 2.05) is 37.7 Å². The molecule has 1 aliphatic heterocycles. The summed E-state index contributed by atoms with van der Waals surface area (Å²) in [5.41, 5.74) is 5.56. The van der Waals surface area contributed by atoms with Crippen molar-refractivity contribution in [1.82, 2.24) is 20.0 Å². The summed E-state index contributed by atoms with van der Waals surface area (Å²) in [5.74, 6) is 0.236. The van der Waals surface area contributed by atoms with Crippen LogP contribution in [0.15, 0.2) is 70.3 Å². The number of nitrogens with one attached hydrogen (secondary N) is 2. The van der Waals surface area contributed by atoms with E-state index in [0.717, 1.165) is 34.8 Å². The van der Waals surface area contributed by atoms with Crippen LogP contribution in [0.25, 0.3) is 0 Å². The normalized spacial score (nSPS) is 15.9. The molecule has 0 fully saturated rings. The van der Waals surface area contributed by atoms with Gasteiger partial charge in [0.05, 0.1) is 17.6 Å². The molecule has 2 N–H and O–H groups in total. The van der Waals surface area contributed by atoms with Crippen molar-refractivity contribution in [3.8, 4) is 0 Å². The van der Waals surface area contributed by atoms with E-state index in [2.05, 4.69) is 79.6 Å². The van der Waals surface area contributed by atoms with E-state index in [0.29, 0.717) is 24.3 Å². The monoisotopic (exact) mass is 503 g/mol. The quantitative estimate of drug-likeness (QED) is 0.419. The first-order chi connectivity index (χ1) is 17.7. The first-order valence-corrected chi connectivity index (χ1v) is 13.0. The fourth-order valence-electron chi connectivity index (χ4n) is 3.98. The van der Waals surface area contributed by atoms with Gasteiger partial charge < -0.3 is 15.5 Å². The molecule has 0 saturated heterocycles. The molecule has 1 aromatic carbocycles. The molecule has 0 spiro atoms. The molecule has 0 saturated carbocycles. The summed E-state index contributed by atoms with van der Waals surface area (Å²) in [5, 5.41) is 10.8. The highest BCUT2D eigenvalue weighted by Gasteiger charge is 2.17. The van der Waals surface area contributed by atoms with Crippen LogP contribution in [0.1, 0.15) is 64.6 Å². The number of aromatic nitrogens is 2. The van der Waals surface area contributed by atoms with Crippen molar-refractivity contribution >= 4 is 23.5 Å². The van der Waals surface area contributed by atoms with Gasteiger partial charge in [-0.05, 0) is 57.2 Å². The Kier molecular flexibility index (Phi) is 9.97. The number of carbonyl (C=O) groups excluding carboxylic acids is 1. The highest BCUT2D eigenvalue weighted by Crippen LogP contribution is 2.21. The van der Waals surface area contributed by atoms with Crippen molar-refractivity contribution in [2.75, 3.05) is 18.9 Å². The van der Waals surface area contributed by atoms with Crippen molar-refractivity contribution < 1.29 is 4.79 Å². The Labute approximate surface area is 221 Å². The summed E-state index contributed by atoms with van der Waals surface area (Å²) in [6, 6.07) is 8.14. The van der Waals surface area contributed by atoms with Gasteiger partial charge in [0.25, 0.3) is 5.91 Å². The largest absolute Gasteiger partial charge is 0.379 e. The van der Waals surface area contributed by atoms with Crippen molar-refractivity contribution in [3.63, 3.8) is 0 Å². The molecule has 198 valence electrons. The first-order valence-electron chi connectivity index (χ1n) is 13.0. The predicted octanol–water partition coefficient (Wildman–Crippen LogP) is 5.08. The molecule has 0 aliphatic carbocycles. The van der Waals surface area contributed by atoms with Crippen LogP contribution in [0.4, 0.5) is 5.69 Å². The van der Waals surface area contributed by atoms with Gasteiger partial charge in [-0.15, -0.1) is 0 Å². The van der Waals surface area contributed by atoms with E-state index in [1.165, 1.54) is 0 Å². The van der Waals surface area contributed by atoms with Gasteiger partial charge in [0.15, 0.2) is 0 Å². The lowest BCUT2D eigenvalue weighted by molar-refractivity contribution is -0.113. The van der Waals surface area contributed by atoms with Crippen LogP contribution >= 0.6 is 0 Å². The molecule has 8 nitrogen and oxygen atoms in total. The maximum Gasteiger partial charge on any atom is 0.253 e. The summed E-state index contributed by atoms with van der Waals surface area (Å²) in [7, 11) is 3.94. The molecule has 2 aromatic rings. The summed E-state index contributed by atoms with van der Waals surface area (Å²) < 4.78 is 1.76. The SMILES string of the molecule is CCN(C)/C=C(/N=CC(C)N[C@@H](C)c1cccc(NC(=O)C2=CN=C(c3cnn(C)c3)CC2)c1)C(C)C. The maximum atomic E-state index is 12.9. The summed E-state index contributed by atoms with van der Waals surface area (Å²) in [4.78, 5) is 24.3. The van der Waals surface area contributed by atoms with Crippen LogP contribution in [0.2, 0.25) is 0 Å². The van der Waals surface area contributed by atoms with Gasteiger partial charge >= 0.3 is 0 Å². The topological polar surface area (TPSA) is 86.9 Å². The number of nitrogens with zero attached hydrogens (tertiary/aromatic N) is 5. The van der Waals surface area contributed by atoms with E-state index in [-0.39, 0.29) is 18.0 Å². The molecular formula is C29H41N7O. The van der Waals surface area contributed by atoms with Gasteiger partial charge in [-0.1, -0.05) is 26.0 Å². The summed E-state index contributed by atoms with van der Waals surface area (Å²) in [6.45, 7) is 11.6. The zero-order valence-corrected chi connectivity index (χ0v) is 23.2. The van der Waals surface area contributed by atoms with Crippen molar-refractivity contribution in [2.24, 2.45) is 23.0 Å². The number of benzene rings is 1. The average molecular weight is 504 g/mol. The second-order valence-corrected chi connectivity index (χ2v) is 9.95. The van der Waals surface area contributed by atoms with Gasteiger partial charge in [-0.3, -0.25) is 19.5 Å². The van der Waals surface area contributed by atoms with Gasteiger partial charge in [-0.25, -0.2) is 0 Å². The number of anilines is 1. The molecule has 2 atom stereocenters. The number of rotatable bonds is 11. The van der Waals surface area contributed by atoms with Crippen LogP contribution in [0.5, 0.6) is 0 Å². The molecule has 1 amide bonds. The predicted molar refractivity (Wildman–Crippen MR) is 153 cm³/mol. The summed E-state index contributed by atoms with van der Waals surface area (Å²) in [6.07, 6.45) is 10.9. The molecule has 1 aliphatic rings. The fourth-order valence-corrected chi connectivity index (χ4v) is 3.98. The smallest absolute Gasteiger partial charge is 0.253 e. The Morgan fingerprint density at radius 2 is 2.03 bits per heavy atom. The fraction of sp³-hybridized carbons (Fsp3) is 0.448. The third-order valence-electron chi connectivity index (χ3n) is 6.38. The van der Waals surface area contributed by atoms with Gasteiger partial charge in [0.1, 0.15) is 0 Å². The molecule has 0 radical (unpaired) electrons. The number of allylic oxidation sites excluding steroid dienone is 1. The average Bonchev–Trinajstić information content (AvgIpc) is 3.32. The van der Waals surface area contributed by atoms with Crippen LogP contribution in [0.3, 0.4) is 0 Å².